The summed E-state index contributed by atoms with van der Waals surface area (Å²) in [6.07, 6.45) is 2.32. The second-order valence-corrected chi connectivity index (χ2v) is 8.93. The van der Waals surface area contributed by atoms with Gasteiger partial charge in [-0.05, 0) is 61.7 Å². The van der Waals surface area contributed by atoms with E-state index in [9.17, 15) is 5.11 Å². The van der Waals surface area contributed by atoms with Gasteiger partial charge in [-0.3, -0.25) is 5.41 Å². The average molecular weight is 514 g/mol. The topological polar surface area (TPSA) is 98.8 Å². The lowest BCUT2D eigenvalue weighted by Crippen LogP contribution is -2.30. The summed E-state index contributed by atoms with van der Waals surface area (Å²) in [6.45, 7) is 5.57. The fraction of sp³-hybridized carbons (Fsp3) is 0.267. The van der Waals surface area contributed by atoms with Gasteiger partial charge in [0, 0.05) is 24.1 Å². The Morgan fingerprint density at radius 3 is 2.47 bits per heavy atom. The molecule has 1 aliphatic heterocycles. The number of aromatic nitrogens is 2. The average Bonchev–Trinajstić information content (AvgIpc) is 2.93. The Bertz CT molecular complexity index is 1500. The maximum atomic E-state index is 10.1. The lowest BCUT2D eigenvalue weighted by molar-refractivity contribution is 0.287. The highest BCUT2D eigenvalue weighted by Gasteiger charge is 2.32. The van der Waals surface area contributed by atoms with Crippen molar-refractivity contribution >= 4 is 0 Å². The Morgan fingerprint density at radius 2 is 1.74 bits per heavy atom. The summed E-state index contributed by atoms with van der Waals surface area (Å²) < 4.78 is 24.7. The van der Waals surface area contributed by atoms with Crippen LogP contribution in [0.15, 0.2) is 67.0 Å². The quantitative estimate of drug-likeness (QED) is 0.274. The van der Waals surface area contributed by atoms with E-state index in [1.165, 1.54) is 0 Å². The molecule has 38 heavy (non-hydrogen) atoms. The summed E-state index contributed by atoms with van der Waals surface area (Å²) in [5.74, 6) is 2.92. The van der Waals surface area contributed by atoms with Crippen LogP contribution in [0.3, 0.4) is 0 Å². The van der Waals surface area contributed by atoms with Gasteiger partial charge in [-0.1, -0.05) is 24.3 Å². The predicted molar refractivity (Wildman–Crippen MR) is 143 cm³/mol. The Morgan fingerprint density at radius 1 is 0.974 bits per heavy atom. The highest BCUT2D eigenvalue weighted by Crippen LogP contribution is 2.46. The van der Waals surface area contributed by atoms with Gasteiger partial charge in [-0.15, -0.1) is 0 Å². The van der Waals surface area contributed by atoms with Crippen LogP contribution in [0.25, 0.3) is 0 Å². The third kappa shape index (κ3) is 4.89. The zero-order valence-electron chi connectivity index (χ0n) is 21.7. The number of nitrogens with zero attached hydrogens (tertiary/aromatic N) is 2. The maximum Gasteiger partial charge on any atom is 0.228 e. The monoisotopic (exact) mass is 513 g/mol. The first-order valence-corrected chi connectivity index (χ1v) is 12.7. The molecule has 0 saturated heterocycles. The fourth-order valence-electron chi connectivity index (χ4n) is 4.77. The number of hydrogen-bond acceptors (Lipinski definition) is 7. The molecule has 3 aromatic carbocycles. The van der Waals surface area contributed by atoms with E-state index in [-0.39, 0.29) is 11.7 Å². The van der Waals surface area contributed by atoms with Gasteiger partial charge < -0.3 is 28.6 Å². The van der Waals surface area contributed by atoms with Gasteiger partial charge in [0.25, 0.3) is 0 Å². The fourth-order valence-corrected chi connectivity index (χ4v) is 4.77. The van der Waals surface area contributed by atoms with E-state index in [0.29, 0.717) is 48.9 Å². The molecule has 196 valence electrons. The predicted octanol–water partition coefficient (Wildman–Crippen LogP) is 5.40. The number of rotatable bonds is 9. The number of methoxy groups -OCH3 is 1. The van der Waals surface area contributed by atoms with Gasteiger partial charge >= 0.3 is 0 Å². The van der Waals surface area contributed by atoms with Crippen molar-refractivity contribution in [1.29, 1.82) is 5.41 Å². The van der Waals surface area contributed by atoms with Crippen molar-refractivity contribution in [2.75, 3.05) is 20.3 Å². The molecule has 1 aromatic heterocycles. The molecule has 0 spiro atoms. The van der Waals surface area contributed by atoms with Crippen LogP contribution in [0.1, 0.15) is 42.0 Å². The third-order valence-electron chi connectivity index (χ3n) is 6.59. The molecule has 0 amide bonds. The van der Waals surface area contributed by atoms with Gasteiger partial charge in [0.05, 0.1) is 25.9 Å². The van der Waals surface area contributed by atoms with Crippen molar-refractivity contribution in [3.63, 3.8) is 0 Å². The van der Waals surface area contributed by atoms with Crippen LogP contribution in [-0.2, 0) is 13.0 Å². The zero-order chi connectivity index (χ0) is 26.6. The van der Waals surface area contributed by atoms with Crippen LogP contribution in [0, 0.1) is 5.41 Å². The van der Waals surface area contributed by atoms with Gasteiger partial charge in [-0.2, -0.15) is 0 Å². The van der Waals surface area contributed by atoms with Crippen molar-refractivity contribution in [1.82, 2.24) is 9.55 Å². The summed E-state index contributed by atoms with van der Waals surface area (Å²) in [7, 11) is 1.63. The largest absolute Gasteiger partial charge is 0.508 e. The van der Waals surface area contributed by atoms with Crippen LogP contribution < -0.4 is 24.4 Å². The highest BCUT2D eigenvalue weighted by molar-refractivity contribution is 5.57. The van der Waals surface area contributed by atoms with E-state index in [1.54, 1.807) is 25.6 Å². The van der Waals surface area contributed by atoms with Crippen molar-refractivity contribution in [3.8, 4) is 34.6 Å². The van der Waals surface area contributed by atoms with E-state index in [1.807, 2.05) is 66.9 Å². The van der Waals surface area contributed by atoms with Crippen LogP contribution in [-0.4, -0.2) is 35.0 Å². The zero-order valence-corrected chi connectivity index (χ0v) is 21.7. The van der Waals surface area contributed by atoms with Crippen molar-refractivity contribution < 1.29 is 24.1 Å². The van der Waals surface area contributed by atoms with Crippen LogP contribution >= 0.6 is 0 Å². The van der Waals surface area contributed by atoms with Gasteiger partial charge in [0.1, 0.15) is 29.1 Å². The molecule has 0 aliphatic carbocycles. The summed E-state index contributed by atoms with van der Waals surface area (Å²) >= 11 is 0. The maximum absolute atomic E-state index is 10.1. The molecular weight excluding hydrogens is 482 g/mol. The van der Waals surface area contributed by atoms with Crippen LogP contribution in [0.4, 0.5) is 0 Å². The minimum Gasteiger partial charge on any atom is -0.508 e. The molecule has 8 heteroatoms. The van der Waals surface area contributed by atoms with Crippen LogP contribution in [0.5, 0.6) is 34.6 Å². The van der Waals surface area contributed by atoms with Gasteiger partial charge in [-0.25, -0.2) is 4.98 Å². The van der Waals surface area contributed by atoms with E-state index in [2.05, 4.69) is 4.98 Å². The summed E-state index contributed by atoms with van der Waals surface area (Å²) in [6, 6.07) is 18.8. The van der Waals surface area contributed by atoms with Crippen molar-refractivity contribution in [2.45, 2.75) is 32.7 Å². The number of phenols is 1. The first-order valence-electron chi connectivity index (χ1n) is 12.7. The number of nitrogens with one attached hydrogen (secondary N) is 1. The smallest absolute Gasteiger partial charge is 0.228 e. The number of benzene rings is 3. The molecule has 0 unspecified atom stereocenters. The number of aromatic hydroxyl groups is 1. The number of aryl methyl sites for hydroxylation is 2. The lowest BCUT2D eigenvalue weighted by atomic mass is 9.84. The van der Waals surface area contributed by atoms with E-state index >= 15 is 0 Å². The molecular formula is C30H31N3O5. The Kier molecular flexibility index (Phi) is 7.22. The molecule has 8 nitrogen and oxygen atoms in total. The molecule has 0 bridgehead atoms. The second kappa shape index (κ2) is 10.9. The first kappa shape index (κ1) is 25.2. The minimum atomic E-state index is -0.289. The van der Waals surface area contributed by atoms with Crippen LogP contribution in [0.2, 0.25) is 0 Å². The Hall–Kier alpha value is -4.46. The molecule has 1 aliphatic rings. The lowest BCUT2D eigenvalue weighted by Gasteiger charge is -2.28. The van der Waals surface area contributed by atoms with Gasteiger partial charge in [0.2, 0.25) is 5.88 Å². The SMILES string of the molecule is CCOc1ccc(CCn2cnc3c(c2=N)[C@@H](c2ccc(OC)cc2)c2ccc(O)cc2O3)cc1OCC. The molecule has 1 atom stereocenters. The van der Waals surface area contributed by atoms with Gasteiger partial charge in [0.15, 0.2) is 11.5 Å². The summed E-state index contributed by atoms with van der Waals surface area (Å²) in [5, 5.41) is 19.2. The third-order valence-corrected chi connectivity index (χ3v) is 6.59. The van der Waals surface area contributed by atoms with Crippen molar-refractivity contribution in [3.05, 3.63) is 94.7 Å². The normalized spacial score (nSPS) is 13.7. The molecule has 2 heterocycles. The van der Waals surface area contributed by atoms with Crippen molar-refractivity contribution in [2.24, 2.45) is 0 Å². The Labute approximate surface area is 221 Å². The standard InChI is InChI=1S/C30H31N3O5/c1-4-36-24-13-6-19(16-26(24)37-5-2)14-15-33-18-32-30-28(29(33)31)27(20-7-10-22(35-3)11-8-20)23-12-9-21(34)17-25(23)38-30/h6-13,16-18,27,31,34H,4-5,14-15H2,1-3H3/t27-/m0/s1. The second-order valence-electron chi connectivity index (χ2n) is 8.93. The number of hydrogen-bond donors (Lipinski definition) is 2. The number of phenolic OH excluding ortho intramolecular Hbond substituents is 1. The summed E-state index contributed by atoms with van der Waals surface area (Å²) in [4.78, 5) is 4.59. The molecule has 0 fully saturated rings. The molecule has 4 aromatic rings. The Balaban J connectivity index is 1.50. The molecule has 5 rings (SSSR count). The summed E-state index contributed by atoms with van der Waals surface area (Å²) in [5.41, 5.74) is 3.91. The molecule has 0 radical (unpaired) electrons. The molecule has 2 N–H and O–H groups in total. The number of fused-ring (bicyclic) bond motifs is 2. The number of ether oxygens (including phenoxy) is 4. The van der Waals surface area contributed by atoms with E-state index in [0.717, 1.165) is 33.9 Å². The van der Waals surface area contributed by atoms with E-state index < -0.39 is 0 Å². The first-order chi connectivity index (χ1) is 18.5. The molecule has 0 saturated carbocycles. The highest BCUT2D eigenvalue weighted by atomic mass is 16.5. The minimum absolute atomic E-state index is 0.111. The van der Waals surface area contributed by atoms with E-state index in [4.69, 9.17) is 24.4 Å².